The number of likely N-dealkylation sites (tertiary alicyclic amines) is 2. The van der Waals surface area contributed by atoms with Crippen molar-refractivity contribution in [1.29, 1.82) is 5.26 Å². The molecule has 0 unspecified atom stereocenters. The summed E-state index contributed by atoms with van der Waals surface area (Å²) >= 11 is 6.32. The number of fused-ring (bicyclic) bond motifs is 2. The van der Waals surface area contributed by atoms with Gasteiger partial charge in [-0.3, -0.25) is 14.7 Å². The molecule has 6 nitrogen and oxygen atoms in total. The fourth-order valence-corrected chi connectivity index (χ4v) is 6.13. The molecule has 0 N–H and O–H groups in total. The minimum atomic E-state index is -0.736. The highest BCUT2D eigenvalue weighted by molar-refractivity contribution is 6.31. The van der Waals surface area contributed by atoms with Crippen LogP contribution in [0.2, 0.25) is 5.02 Å². The zero-order chi connectivity index (χ0) is 27.4. The second-order valence-corrected chi connectivity index (χ2v) is 11.9. The van der Waals surface area contributed by atoms with Crippen molar-refractivity contribution in [3.63, 3.8) is 0 Å². The molecule has 9 heteroatoms. The number of ether oxygens (including phenoxy) is 1. The van der Waals surface area contributed by atoms with Crippen molar-refractivity contribution in [2.24, 2.45) is 5.92 Å². The van der Waals surface area contributed by atoms with Crippen LogP contribution < -0.4 is 0 Å². The number of benzene rings is 1. The number of aryl methyl sites for hydroxylation is 1. The molecule has 4 heterocycles. The van der Waals surface area contributed by atoms with Gasteiger partial charge in [-0.15, -0.1) is 0 Å². The third-order valence-electron chi connectivity index (χ3n) is 8.18. The van der Waals surface area contributed by atoms with Gasteiger partial charge in [-0.2, -0.15) is 5.26 Å². The van der Waals surface area contributed by atoms with Gasteiger partial charge >= 0.3 is 0 Å². The lowest BCUT2D eigenvalue weighted by molar-refractivity contribution is -0.139. The molecule has 1 aromatic heterocycles. The third-order valence-corrected chi connectivity index (χ3v) is 8.56. The van der Waals surface area contributed by atoms with Crippen molar-refractivity contribution >= 4 is 23.3 Å². The molecule has 200 valence electrons. The van der Waals surface area contributed by atoms with E-state index < -0.39 is 23.2 Å². The molecule has 3 aliphatic heterocycles. The number of hydrogen-bond donors (Lipinski definition) is 0. The summed E-state index contributed by atoms with van der Waals surface area (Å²) < 4.78 is 34.8. The Morgan fingerprint density at radius 2 is 1.95 bits per heavy atom. The average Bonchev–Trinajstić information content (AvgIpc) is 3.41. The summed E-state index contributed by atoms with van der Waals surface area (Å²) in [5, 5.41) is 9.77. The fraction of sp³-hybridized carbons (Fsp3) is 0.483. The van der Waals surface area contributed by atoms with Gasteiger partial charge in [0.25, 0.3) is 0 Å². The van der Waals surface area contributed by atoms with Gasteiger partial charge in [0.1, 0.15) is 17.4 Å². The molecule has 2 saturated heterocycles. The van der Waals surface area contributed by atoms with Crippen molar-refractivity contribution in [2.45, 2.75) is 57.6 Å². The van der Waals surface area contributed by atoms with Crippen molar-refractivity contribution in [3.8, 4) is 6.07 Å². The van der Waals surface area contributed by atoms with Crippen LogP contribution in [0.15, 0.2) is 30.3 Å². The summed E-state index contributed by atoms with van der Waals surface area (Å²) in [6.07, 6.45) is 2.38. The average molecular weight is 541 g/mol. The van der Waals surface area contributed by atoms with Crippen molar-refractivity contribution in [3.05, 3.63) is 69.5 Å². The first kappa shape index (κ1) is 26.6. The monoisotopic (exact) mass is 540 g/mol. The lowest BCUT2D eigenvalue weighted by Crippen LogP contribution is -2.48. The lowest BCUT2D eigenvalue weighted by atomic mass is 9.84. The standard InChI is InChI=1S/C29H31ClF2N4O2/c1-17-23(30)14-20-25(7-10-33)38-29(26(20)34-17)8-11-35(12-9-29)27(37)22-16-36(28(2,3)4)15-21(22)19-6-5-18(31)13-24(19)32/h5-7,13-14,21-22H,8-9,11-12,15-16H2,1-4H3/b25-7-/t21-,22+/m0/s1. The Labute approximate surface area is 226 Å². The molecule has 1 spiro atoms. The van der Waals surface area contributed by atoms with Gasteiger partial charge in [0, 0.05) is 62.1 Å². The van der Waals surface area contributed by atoms with E-state index in [4.69, 9.17) is 21.3 Å². The van der Waals surface area contributed by atoms with Gasteiger partial charge < -0.3 is 9.64 Å². The number of aromatic nitrogens is 1. The molecule has 2 fully saturated rings. The number of carbonyl (C=O) groups excluding carboxylic acids is 1. The molecular formula is C29H31ClF2N4O2. The maximum Gasteiger partial charge on any atom is 0.227 e. The number of piperidine rings is 1. The number of carbonyl (C=O) groups is 1. The van der Waals surface area contributed by atoms with E-state index in [1.54, 1.807) is 6.07 Å². The molecule has 1 aromatic carbocycles. The van der Waals surface area contributed by atoms with Crippen LogP contribution in [0.1, 0.15) is 62.0 Å². The molecule has 0 radical (unpaired) electrons. The number of pyridine rings is 1. The van der Waals surface area contributed by atoms with E-state index in [9.17, 15) is 18.8 Å². The number of amides is 1. The van der Waals surface area contributed by atoms with Crippen molar-refractivity contribution in [2.75, 3.05) is 26.2 Å². The van der Waals surface area contributed by atoms with Gasteiger partial charge in [-0.1, -0.05) is 17.7 Å². The second-order valence-electron chi connectivity index (χ2n) is 11.5. The molecular weight excluding hydrogens is 510 g/mol. The SMILES string of the molecule is Cc1nc2c(cc1Cl)/C(=C/C#N)OC21CCN(C(=O)[C@@H]2CN(C(C)(C)C)C[C@H]2c2ccc(F)cc2F)CC1. The highest BCUT2D eigenvalue weighted by Crippen LogP contribution is 2.49. The van der Waals surface area contributed by atoms with Crippen LogP contribution in [0.5, 0.6) is 0 Å². The van der Waals surface area contributed by atoms with Gasteiger partial charge in [-0.05, 0) is 45.4 Å². The van der Waals surface area contributed by atoms with Gasteiger partial charge in [0.2, 0.25) is 5.91 Å². The highest BCUT2D eigenvalue weighted by Gasteiger charge is 2.50. The summed E-state index contributed by atoms with van der Waals surface area (Å²) in [6.45, 7) is 9.94. The number of nitriles is 1. The molecule has 1 amide bonds. The number of halogens is 3. The van der Waals surface area contributed by atoms with Gasteiger partial charge in [0.15, 0.2) is 5.60 Å². The maximum absolute atomic E-state index is 14.9. The van der Waals surface area contributed by atoms with E-state index in [0.717, 1.165) is 11.8 Å². The number of nitrogens with zero attached hydrogens (tertiary/aromatic N) is 4. The van der Waals surface area contributed by atoms with Crippen LogP contribution in [0.25, 0.3) is 5.76 Å². The summed E-state index contributed by atoms with van der Waals surface area (Å²) in [6, 6.07) is 7.44. The van der Waals surface area contributed by atoms with Crippen LogP contribution >= 0.6 is 11.6 Å². The van der Waals surface area contributed by atoms with Crippen LogP contribution in [0.4, 0.5) is 8.78 Å². The topological polar surface area (TPSA) is 69.5 Å². The molecule has 0 aliphatic carbocycles. The minimum absolute atomic E-state index is 0.0356. The smallest absolute Gasteiger partial charge is 0.227 e. The normalized spacial score (nSPS) is 23.9. The first-order chi connectivity index (χ1) is 17.9. The predicted molar refractivity (Wildman–Crippen MR) is 140 cm³/mol. The Kier molecular flexibility index (Phi) is 6.73. The van der Waals surface area contributed by atoms with E-state index in [-0.39, 0.29) is 17.4 Å². The number of hydrogen-bond acceptors (Lipinski definition) is 5. The zero-order valence-corrected chi connectivity index (χ0v) is 22.8. The zero-order valence-electron chi connectivity index (χ0n) is 22.0. The third kappa shape index (κ3) is 4.56. The molecule has 5 rings (SSSR count). The molecule has 38 heavy (non-hydrogen) atoms. The first-order valence-electron chi connectivity index (χ1n) is 12.9. The van der Waals surface area contributed by atoms with E-state index in [1.807, 2.05) is 17.9 Å². The van der Waals surface area contributed by atoms with Crippen molar-refractivity contribution < 1.29 is 18.3 Å². The summed E-state index contributed by atoms with van der Waals surface area (Å²) in [7, 11) is 0. The fourth-order valence-electron chi connectivity index (χ4n) is 5.98. The van der Waals surface area contributed by atoms with Crippen LogP contribution in [0.3, 0.4) is 0 Å². The Morgan fingerprint density at radius 1 is 1.24 bits per heavy atom. The Balaban J connectivity index is 1.40. The van der Waals surface area contributed by atoms with Crippen LogP contribution in [-0.2, 0) is 15.1 Å². The molecule has 3 aliphatic rings. The van der Waals surface area contributed by atoms with Crippen LogP contribution in [0, 0.1) is 35.8 Å². The second kappa shape index (κ2) is 9.62. The Morgan fingerprint density at radius 3 is 2.58 bits per heavy atom. The summed E-state index contributed by atoms with van der Waals surface area (Å²) in [5.74, 6) is -1.67. The highest BCUT2D eigenvalue weighted by atomic mass is 35.5. The summed E-state index contributed by atoms with van der Waals surface area (Å²) in [4.78, 5) is 22.7. The van der Waals surface area contributed by atoms with Crippen molar-refractivity contribution in [1.82, 2.24) is 14.8 Å². The van der Waals surface area contributed by atoms with Gasteiger partial charge in [-0.25, -0.2) is 8.78 Å². The van der Waals surface area contributed by atoms with E-state index in [0.29, 0.717) is 66.6 Å². The number of rotatable bonds is 2. The molecule has 0 saturated carbocycles. The van der Waals surface area contributed by atoms with E-state index in [2.05, 4.69) is 25.7 Å². The van der Waals surface area contributed by atoms with E-state index >= 15 is 0 Å². The first-order valence-corrected chi connectivity index (χ1v) is 13.3. The van der Waals surface area contributed by atoms with Crippen LogP contribution in [-0.4, -0.2) is 52.4 Å². The van der Waals surface area contributed by atoms with Gasteiger partial charge in [0.05, 0.1) is 34.5 Å². The minimum Gasteiger partial charge on any atom is -0.479 e. The molecule has 0 bridgehead atoms. The lowest BCUT2D eigenvalue weighted by Gasteiger charge is -2.40. The Hall–Kier alpha value is -3.02. The molecule has 2 aromatic rings. The number of allylic oxidation sites excluding steroid dienone is 1. The molecule has 2 atom stereocenters. The summed E-state index contributed by atoms with van der Waals surface area (Å²) in [5.41, 5.74) is 1.58. The predicted octanol–water partition coefficient (Wildman–Crippen LogP) is 5.55. The Bertz CT molecular complexity index is 1360. The largest absolute Gasteiger partial charge is 0.479 e. The van der Waals surface area contributed by atoms with E-state index in [1.165, 1.54) is 18.2 Å². The quantitative estimate of drug-likeness (QED) is 0.467. The maximum atomic E-state index is 14.9.